The van der Waals surface area contributed by atoms with Gasteiger partial charge < -0.3 is 20.1 Å². The number of rotatable bonds is 2. The number of benzene rings is 1. The molecule has 0 aliphatic carbocycles. The third-order valence-corrected chi connectivity index (χ3v) is 3.76. The Kier molecular flexibility index (Phi) is 3.29. The third kappa shape index (κ3) is 2.38. The molecule has 0 radical (unpaired) electrons. The highest BCUT2D eigenvalue weighted by Gasteiger charge is 2.25. The molecule has 1 aromatic carbocycles. The number of nitrogens with two attached hydrogens (primary N) is 1. The summed E-state index contributed by atoms with van der Waals surface area (Å²) in [6.45, 7) is 2.43. The van der Waals surface area contributed by atoms with E-state index in [-0.39, 0.29) is 12.7 Å². The molecule has 0 bridgehead atoms. The van der Waals surface area contributed by atoms with Crippen LogP contribution in [0.3, 0.4) is 0 Å². The van der Waals surface area contributed by atoms with Crippen LogP contribution in [-0.4, -0.2) is 37.2 Å². The van der Waals surface area contributed by atoms with Crippen LogP contribution < -0.4 is 15.2 Å². The molecule has 0 spiro atoms. The van der Waals surface area contributed by atoms with E-state index < -0.39 is 0 Å². The molecule has 0 saturated carbocycles. The fraction of sp³-hybridized carbons (Fsp3) is 0.500. The number of hydrogen-bond donors (Lipinski definition) is 1. The average molecular weight is 262 g/mol. The minimum absolute atomic E-state index is 0.0523. The van der Waals surface area contributed by atoms with E-state index in [2.05, 4.69) is 0 Å². The number of amides is 1. The van der Waals surface area contributed by atoms with Gasteiger partial charge in [-0.2, -0.15) is 0 Å². The van der Waals surface area contributed by atoms with Crippen molar-refractivity contribution in [1.82, 2.24) is 4.90 Å². The molecule has 5 nitrogen and oxygen atoms in total. The fourth-order valence-electron chi connectivity index (χ4n) is 2.65. The van der Waals surface area contributed by atoms with Gasteiger partial charge in [-0.15, -0.1) is 0 Å². The molecule has 2 aliphatic rings. The molecule has 102 valence electrons. The average Bonchev–Trinajstić information content (AvgIpc) is 2.94. The lowest BCUT2D eigenvalue weighted by Gasteiger charge is -2.32. The minimum Gasteiger partial charge on any atom is -0.454 e. The Labute approximate surface area is 112 Å². The number of piperidine rings is 1. The maximum absolute atomic E-state index is 12.4. The van der Waals surface area contributed by atoms with Crippen LogP contribution in [0.25, 0.3) is 0 Å². The van der Waals surface area contributed by atoms with Crippen molar-refractivity contribution >= 4 is 5.91 Å². The Bertz CT molecular complexity index is 490. The predicted molar refractivity (Wildman–Crippen MR) is 70.2 cm³/mol. The maximum Gasteiger partial charge on any atom is 0.254 e. The fourth-order valence-corrected chi connectivity index (χ4v) is 2.65. The van der Waals surface area contributed by atoms with Crippen LogP contribution >= 0.6 is 0 Å². The van der Waals surface area contributed by atoms with Gasteiger partial charge in [0.2, 0.25) is 6.79 Å². The zero-order valence-electron chi connectivity index (χ0n) is 10.8. The normalized spacial score (nSPS) is 21.5. The number of likely N-dealkylation sites (tertiary alicyclic amines) is 1. The van der Waals surface area contributed by atoms with Gasteiger partial charge >= 0.3 is 0 Å². The molecular formula is C14H18N2O3. The van der Waals surface area contributed by atoms with Crippen molar-refractivity contribution in [3.63, 3.8) is 0 Å². The van der Waals surface area contributed by atoms with Crippen LogP contribution in [0.2, 0.25) is 0 Å². The van der Waals surface area contributed by atoms with Gasteiger partial charge in [0.25, 0.3) is 5.91 Å². The Balaban J connectivity index is 1.76. The zero-order chi connectivity index (χ0) is 13.2. The Hall–Kier alpha value is -1.75. The van der Waals surface area contributed by atoms with E-state index in [1.165, 1.54) is 0 Å². The molecule has 1 amide bonds. The van der Waals surface area contributed by atoms with Crippen molar-refractivity contribution in [2.75, 3.05) is 26.4 Å². The summed E-state index contributed by atoms with van der Waals surface area (Å²) in [5, 5.41) is 0. The molecule has 1 fully saturated rings. The van der Waals surface area contributed by atoms with E-state index >= 15 is 0 Å². The van der Waals surface area contributed by atoms with Crippen LogP contribution in [0, 0.1) is 5.92 Å². The minimum atomic E-state index is 0.0523. The van der Waals surface area contributed by atoms with Gasteiger partial charge in [-0.25, -0.2) is 0 Å². The molecule has 2 N–H and O–H groups in total. The van der Waals surface area contributed by atoms with Gasteiger partial charge in [-0.3, -0.25) is 4.79 Å². The molecule has 3 rings (SSSR count). The molecule has 0 aromatic heterocycles. The summed E-state index contributed by atoms with van der Waals surface area (Å²) in [5.41, 5.74) is 6.36. The molecule has 1 saturated heterocycles. The highest BCUT2D eigenvalue weighted by molar-refractivity contribution is 5.95. The van der Waals surface area contributed by atoms with Crippen LogP contribution in [-0.2, 0) is 0 Å². The van der Waals surface area contributed by atoms with Gasteiger partial charge in [-0.1, -0.05) is 0 Å². The third-order valence-electron chi connectivity index (χ3n) is 3.76. The lowest BCUT2D eigenvalue weighted by molar-refractivity contribution is 0.0678. The van der Waals surface area contributed by atoms with Crippen molar-refractivity contribution in [2.24, 2.45) is 11.7 Å². The largest absolute Gasteiger partial charge is 0.454 e. The summed E-state index contributed by atoms with van der Waals surface area (Å²) in [7, 11) is 0. The summed E-state index contributed by atoms with van der Waals surface area (Å²) in [5.74, 6) is 1.83. The number of carbonyl (C=O) groups is 1. The molecule has 1 aromatic rings. The summed E-state index contributed by atoms with van der Waals surface area (Å²) in [6, 6.07) is 5.35. The molecule has 19 heavy (non-hydrogen) atoms. The van der Waals surface area contributed by atoms with Crippen LogP contribution in [0.4, 0.5) is 0 Å². The molecular weight excluding hydrogens is 244 g/mol. The Morgan fingerprint density at radius 3 is 3.05 bits per heavy atom. The second-order valence-corrected chi connectivity index (χ2v) is 5.06. The first-order valence-corrected chi connectivity index (χ1v) is 6.67. The maximum atomic E-state index is 12.4. The second-order valence-electron chi connectivity index (χ2n) is 5.06. The lowest BCUT2D eigenvalue weighted by atomic mass is 9.97. The summed E-state index contributed by atoms with van der Waals surface area (Å²) < 4.78 is 10.6. The summed E-state index contributed by atoms with van der Waals surface area (Å²) in [4.78, 5) is 14.3. The van der Waals surface area contributed by atoms with E-state index in [1.807, 2.05) is 4.90 Å². The van der Waals surface area contributed by atoms with Crippen LogP contribution in [0.15, 0.2) is 18.2 Å². The standard InChI is InChI=1S/C14H18N2O3/c15-7-10-2-1-5-16(8-10)14(17)11-3-4-12-13(6-11)19-9-18-12/h3-4,6,10H,1-2,5,7-9,15H2. The number of fused-ring (bicyclic) bond motifs is 1. The summed E-state index contributed by atoms with van der Waals surface area (Å²) >= 11 is 0. The topological polar surface area (TPSA) is 64.8 Å². The zero-order valence-corrected chi connectivity index (χ0v) is 10.8. The highest BCUT2D eigenvalue weighted by atomic mass is 16.7. The quantitative estimate of drug-likeness (QED) is 0.870. The van der Waals surface area contributed by atoms with E-state index in [0.29, 0.717) is 29.5 Å². The first-order valence-electron chi connectivity index (χ1n) is 6.67. The molecule has 2 aliphatic heterocycles. The van der Waals surface area contributed by atoms with Gasteiger partial charge in [0.15, 0.2) is 11.5 Å². The first kappa shape index (κ1) is 12.3. The molecule has 2 heterocycles. The van der Waals surface area contributed by atoms with Crippen molar-refractivity contribution in [3.8, 4) is 11.5 Å². The summed E-state index contributed by atoms with van der Waals surface area (Å²) in [6.07, 6.45) is 2.14. The van der Waals surface area contributed by atoms with E-state index in [1.54, 1.807) is 18.2 Å². The number of carbonyl (C=O) groups excluding carboxylic acids is 1. The smallest absolute Gasteiger partial charge is 0.254 e. The molecule has 5 heteroatoms. The second kappa shape index (κ2) is 5.09. The number of ether oxygens (including phenoxy) is 2. The lowest BCUT2D eigenvalue weighted by Crippen LogP contribution is -2.42. The van der Waals surface area contributed by atoms with Gasteiger partial charge in [0.05, 0.1) is 0 Å². The van der Waals surface area contributed by atoms with Gasteiger partial charge in [-0.05, 0) is 43.5 Å². The van der Waals surface area contributed by atoms with Crippen molar-refractivity contribution in [3.05, 3.63) is 23.8 Å². The number of nitrogens with zero attached hydrogens (tertiary/aromatic N) is 1. The SMILES string of the molecule is NCC1CCCN(C(=O)c2ccc3c(c2)OCO3)C1. The van der Waals surface area contributed by atoms with Gasteiger partial charge in [0, 0.05) is 18.7 Å². The first-order chi connectivity index (χ1) is 9.28. The van der Waals surface area contributed by atoms with Gasteiger partial charge in [0.1, 0.15) is 0 Å². The van der Waals surface area contributed by atoms with Crippen LogP contribution in [0.1, 0.15) is 23.2 Å². The Morgan fingerprint density at radius 1 is 1.37 bits per heavy atom. The number of hydrogen-bond acceptors (Lipinski definition) is 4. The van der Waals surface area contributed by atoms with Crippen molar-refractivity contribution in [2.45, 2.75) is 12.8 Å². The van der Waals surface area contributed by atoms with Crippen molar-refractivity contribution < 1.29 is 14.3 Å². The van der Waals surface area contributed by atoms with E-state index in [4.69, 9.17) is 15.2 Å². The van der Waals surface area contributed by atoms with Crippen LogP contribution in [0.5, 0.6) is 11.5 Å². The molecule has 1 atom stereocenters. The predicted octanol–water partition coefficient (Wildman–Crippen LogP) is 1.23. The van der Waals surface area contributed by atoms with E-state index in [0.717, 1.165) is 25.9 Å². The highest BCUT2D eigenvalue weighted by Crippen LogP contribution is 2.33. The monoisotopic (exact) mass is 262 g/mol. The molecule has 1 unspecified atom stereocenters. The Morgan fingerprint density at radius 2 is 2.21 bits per heavy atom. The van der Waals surface area contributed by atoms with Crippen molar-refractivity contribution in [1.29, 1.82) is 0 Å². The van der Waals surface area contributed by atoms with E-state index in [9.17, 15) is 4.79 Å².